The van der Waals surface area contributed by atoms with Crippen LogP contribution in [0.4, 0.5) is 0 Å². The molecule has 96 valence electrons. The molecule has 18 heavy (non-hydrogen) atoms. The van der Waals surface area contributed by atoms with Crippen LogP contribution in [-0.4, -0.2) is 18.6 Å². The van der Waals surface area contributed by atoms with Crippen molar-refractivity contribution in [2.75, 3.05) is 13.7 Å². The molecule has 3 nitrogen and oxygen atoms in total. The quantitative estimate of drug-likeness (QED) is 0.811. The second kappa shape index (κ2) is 6.52. The van der Waals surface area contributed by atoms with Gasteiger partial charge >= 0.3 is 0 Å². The summed E-state index contributed by atoms with van der Waals surface area (Å²) in [4.78, 5) is 5.73. The second-order valence-corrected chi connectivity index (χ2v) is 5.16. The molecule has 0 atom stereocenters. The number of rotatable bonds is 6. The van der Waals surface area contributed by atoms with Gasteiger partial charge in [0.2, 0.25) is 0 Å². The van der Waals surface area contributed by atoms with E-state index in [1.807, 2.05) is 24.4 Å². The van der Waals surface area contributed by atoms with E-state index in [-0.39, 0.29) is 0 Å². The zero-order valence-corrected chi connectivity index (χ0v) is 11.6. The number of hydrogen-bond acceptors (Lipinski definition) is 4. The predicted octanol–water partition coefficient (Wildman–Crippen LogP) is 3.32. The van der Waals surface area contributed by atoms with Crippen LogP contribution in [0.2, 0.25) is 0 Å². The average molecular weight is 262 g/mol. The molecule has 1 aromatic heterocycles. The van der Waals surface area contributed by atoms with E-state index in [0.717, 1.165) is 35.8 Å². The van der Waals surface area contributed by atoms with Gasteiger partial charge in [0.1, 0.15) is 10.8 Å². The Morgan fingerprint density at radius 3 is 3.06 bits per heavy atom. The third-order valence-corrected chi connectivity index (χ3v) is 3.64. The molecule has 1 aromatic carbocycles. The average Bonchev–Trinajstić information content (AvgIpc) is 2.88. The molecule has 0 aliphatic rings. The van der Waals surface area contributed by atoms with E-state index < -0.39 is 0 Å². The molecule has 0 amide bonds. The fraction of sp³-hybridized carbons (Fsp3) is 0.357. The Morgan fingerprint density at radius 1 is 1.39 bits per heavy atom. The van der Waals surface area contributed by atoms with Gasteiger partial charge in [-0.1, -0.05) is 19.1 Å². The highest BCUT2D eigenvalue weighted by Gasteiger charge is 2.05. The van der Waals surface area contributed by atoms with E-state index in [0.29, 0.717) is 0 Å². The Labute approximate surface area is 112 Å². The molecule has 0 spiro atoms. The Hall–Kier alpha value is -1.39. The first kappa shape index (κ1) is 13.1. The van der Waals surface area contributed by atoms with Crippen molar-refractivity contribution in [3.63, 3.8) is 0 Å². The summed E-state index contributed by atoms with van der Waals surface area (Å²) < 4.78 is 5.23. The fourth-order valence-electron chi connectivity index (χ4n) is 1.67. The molecular formula is C14H18N2OS. The summed E-state index contributed by atoms with van der Waals surface area (Å²) in [5.41, 5.74) is 1.11. The van der Waals surface area contributed by atoms with Crippen LogP contribution >= 0.6 is 11.3 Å². The number of benzene rings is 1. The summed E-state index contributed by atoms with van der Waals surface area (Å²) >= 11 is 1.73. The maximum atomic E-state index is 5.23. The van der Waals surface area contributed by atoms with Crippen molar-refractivity contribution in [3.8, 4) is 16.3 Å². The van der Waals surface area contributed by atoms with Gasteiger partial charge < -0.3 is 10.1 Å². The lowest BCUT2D eigenvalue weighted by atomic mass is 10.2. The first-order valence-electron chi connectivity index (χ1n) is 6.13. The van der Waals surface area contributed by atoms with Crippen LogP contribution in [0, 0.1) is 0 Å². The smallest absolute Gasteiger partial charge is 0.123 e. The molecule has 4 heteroatoms. The van der Waals surface area contributed by atoms with E-state index in [2.05, 4.69) is 23.3 Å². The van der Waals surface area contributed by atoms with Gasteiger partial charge in [-0.2, -0.15) is 0 Å². The summed E-state index contributed by atoms with van der Waals surface area (Å²) in [5, 5.41) is 4.43. The highest BCUT2D eigenvalue weighted by Crippen LogP contribution is 2.27. The maximum Gasteiger partial charge on any atom is 0.123 e. The van der Waals surface area contributed by atoms with E-state index in [1.165, 1.54) is 4.88 Å². The number of ether oxygens (including phenoxy) is 1. The number of nitrogens with zero attached hydrogens (tertiary/aromatic N) is 1. The molecule has 2 aromatic rings. The van der Waals surface area contributed by atoms with E-state index >= 15 is 0 Å². The summed E-state index contributed by atoms with van der Waals surface area (Å²) in [7, 11) is 1.68. The molecule has 0 radical (unpaired) electrons. The van der Waals surface area contributed by atoms with Gasteiger partial charge in [0.15, 0.2) is 0 Å². The van der Waals surface area contributed by atoms with Crippen LogP contribution in [0.3, 0.4) is 0 Å². The number of methoxy groups -OCH3 is 1. The van der Waals surface area contributed by atoms with Crippen molar-refractivity contribution < 1.29 is 4.74 Å². The molecule has 0 unspecified atom stereocenters. The highest BCUT2D eigenvalue weighted by atomic mass is 32.1. The van der Waals surface area contributed by atoms with Crippen LogP contribution in [0.5, 0.6) is 5.75 Å². The lowest BCUT2D eigenvalue weighted by Gasteiger charge is -2.01. The Balaban J connectivity index is 2.08. The predicted molar refractivity (Wildman–Crippen MR) is 76.1 cm³/mol. The number of hydrogen-bond donors (Lipinski definition) is 1. The maximum absolute atomic E-state index is 5.23. The summed E-state index contributed by atoms with van der Waals surface area (Å²) in [6.07, 6.45) is 3.10. The van der Waals surface area contributed by atoms with Crippen molar-refractivity contribution in [2.24, 2.45) is 0 Å². The molecule has 2 rings (SSSR count). The largest absolute Gasteiger partial charge is 0.497 e. The second-order valence-electron chi connectivity index (χ2n) is 4.04. The topological polar surface area (TPSA) is 34.2 Å². The van der Waals surface area contributed by atoms with Crippen molar-refractivity contribution in [3.05, 3.63) is 35.3 Å². The van der Waals surface area contributed by atoms with Crippen molar-refractivity contribution in [2.45, 2.75) is 19.9 Å². The van der Waals surface area contributed by atoms with Gasteiger partial charge in [-0.25, -0.2) is 4.98 Å². The van der Waals surface area contributed by atoms with Gasteiger partial charge in [0, 0.05) is 23.2 Å². The van der Waals surface area contributed by atoms with E-state index in [9.17, 15) is 0 Å². The molecule has 0 aliphatic heterocycles. The van der Waals surface area contributed by atoms with Gasteiger partial charge in [0.05, 0.1) is 7.11 Å². The molecule has 1 heterocycles. The van der Waals surface area contributed by atoms with Gasteiger partial charge in [-0.15, -0.1) is 11.3 Å². The zero-order valence-electron chi connectivity index (χ0n) is 10.8. The standard InChI is InChI=1S/C14H18N2OS/c1-3-7-15-9-13-10-16-14(18-13)11-5-4-6-12(8-11)17-2/h4-6,8,10,15H,3,7,9H2,1-2H3. The molecule has 0 saturated carbocycles. The fourth-order valence-corrected chi connectivity index (χ4v) is 2.55. The minimum Gasteiger partial charge on any atom is -0.497 e. The van der Waals surface area contributed by atoms with Crippen LogP contribution < -0.4 is 10.1 Å². The molecule has 0 saturated heterocycles. The summed E-state index contributed by atoms with van der Waals surface area (Å²) in [6.45, 7) is 4.11. The molecule has 0 fully saturated rings. The SMILES string of the molecule is CCCNCc1cnc(-c2cccc(OC)c2)s1. The van der Waals surface area contributed by atoms with Crippen molar-refractivity contribution >= 4 is 11.3 Å². The van der Waals surface area contributed by atoms with Crippen molar-refractivity contribution in [1.82, 2.24) is 10.3 Å². The van der Waals surface area contributed by atoms with Crippen molar-refractivity contribution in [1.29, 1.82) is 0 Å². The lowest BCUT2D eigenvalue weighted by molar-refractivity contribution is 0.415. The first-order valence-corrected chi connectivity index (χ1v) is 6.95. The third kappa shape index (κ3) is 3.31. The van der Waals surface area contributed by atoms with Crippen LogP contribution in [0.15, 0.2) is 30.5 Å². The summed E-state index contributed by atoms with van der Waals surface area (Å²) in [6, 6.07) is 8.01. The van der Waals surface area contributed by atoms with Crippen LogP contribution in [0.25, 0.3) is 10.6 Å². The van der Waals surface area contributed by atoms with Gasteiger partial charge in [0.25, 0.3) is 0 Å². The van der Waals surface area contributed by atoms with E-state index in [4.69, 9.17) is 4.74 Å². The highest BCUT2D eigenvalue weighted by molar-refractivity contribution is 7.15. The Kier molecular flexibility index (Phi) is 4.73. The number of nitrogens with one attached hydrogen (secondary N) is 1. The number of thiazole rings is 1. The minimum atomic E-state index is 0.869. The van der Waals surface area contributed by atoms with Gasteiger partial charge in [-0.05, 0) is 25.1 Å². The number of aromatic nitrogens is 1. The Bertz CT molecular complexity index is 496. The third-order valence-electron chi connectivity index (χ3n) is 2.60. The Morgan fingerprint density at radius 2 is 2.28 bits per heavy atom. The normalized spacial score (nSPS) is 10.6. The van der Waals surface area contributed by atoms with Gasteiger partial charge in [-0.3, -0.25) is 0 Å². The molecule has 0 aliphatic carbocycles. The van der Waals surface area contributed by atoms with E-state index in [1.54, 1.807) is 18.4 Å². The lowest BCUT2D eigenvalue weighted by Crippen LogP contribution is -2.12. The zero-order chi connectivity index (χ0) is 12.8. The molecule has 0 bridgehead atoms. The molecular weight excluding hydrogens is 244 g/mol. The van der Waals surface area contributed by atoms with Crippen LogP contribution in [0.1, 0.15) is 18.2 Å². The molecule has 1 N–H and O–H groups in total. The monoisotopic (exact) mass is 262 g/mol. The first-order chi connectivity index (χ1) is 8.83. The van der Waals surface area contributed by atoms with Crippen LogP contribution in [-0.2, 0) is 6.54 Å². The summed E-state index contributed by atoms with van der Waals surface area (Å²) in [5.74, 6) is 0.869. The minimum absolute atomic E-state index is 0.869.